The lowest BCUT2D eigenvalue weighted by Crippen LogP contribution is -2.06. The first-order valence-electron chi connectivity index (χ1n) is 11.4. The van der Waals surface area contributed by atoms with Crippen molar-refractivity contribution in [1.29, 1.82) is 5.26 Å². The Hall–Kier alpha value is -5.78. The van der Waals surface area contributed by atoms with Crippen LogP contribution in [-0.4, -0.2) is 38.5 Å². The summed E-state index contributed by atoms with van der Waals surface area (Å²) in [5, 5.41) is 42.0. The van der Waals surface area contributed by atoms with Crippen molar-refractivity contribution in [2.24, 2.45) is 0 Å². The Balaban J connectivity index is 0.000000369. The molecule has 0 aliphatic rings. The number of rotatable bonds is 6. The molecule has 0 saturated carbocycles. The second kappa shape index (κ2) is 15.5. The highest BCUT2D eigenvalue weighted by molar-refractivity contribution is 5.83. The van der Waals surface area contributed by atoms with Crippen LogP contribution in [-0.2, 0) is 4.74 Å². The van der Waals surface area contributed by atoms with E-state index in [1.807, 2.05) is 13.8 Å². The van der Waals surface area contributed by atoms with E-state index in [9.17, 15) is 20.2 Å². The maximum absolute atomic E-state index is 10.8. The number of nitro groups is 2. The van der Waals surface area contributed by atoms with Gasteiger partial charge < -0.3 is 15.6 Å². The average Bonchev–Trinajstić information content (AvgIpc) is 3.28. The fraction of sp³-hybridized carbons (Fsp3) is 0.231. The summed E-state index contributed by atoms with van der Waals surface area (Å²) in [6, 6.07) is 13.3. The largest absolute Gasteiger partial charge is 0.506 e. The summed E-state index contributed by atoms with van der Waals surface area (Å²) >= 11 is 0. The second-order valence-corrected chi connectivity index (χ2v) is 7.77. The number of aromatic nitrogens is 2. The molecular formula is C26H26N8O6. The molecule has 1 heterocycles. The third kappa shape index (κ3) is 8.11. The minimum absolute atomic E-state index is 0.00273. The molecule has 0 radical (unpaired) electrons. The van der Waals surface area contributed by atoms with E-state index in [4.69, 9.17) is 34.0 Å². The van der Waals surface area contributed by atoms with Crippen LogP contribution >= 0.6 is 0 Å². The van der Waals surface area contributed by atoms with E-state index >= 15 is 0 Å². The molecule has 0 spiro atoms. The zero-order valence-corrected chi connectivity index (χ0v) is 22.1. The third-order valence-electron chi connectivity index (χ3n) is 4.81. The molecular weight excluding hydrogens is 520 g/mol. The molecule has 14 nitrogen and oxygen atoms in total. The van der Waals surface area contributed by atoms with Crippen molar-refractivity contribution in [1.82, 2.24) is 9.78 Å². The molecule has 40 heavy (non-hydrogen) atoms. The molecule has 3 aromatic rings. The molecule has 3 N–H and O–H groups in total. The van der Waals surface area contributed by atoms with Gasteiger partial charge in [-0.15, -0.1) is 0 Å². The molecule has 0 aliphatic heterocycles. The maximum Gasteiger partial charge on any atom is 0.303 e. The fourth-order valence-corrected chi connectivity index (χ4v) is 3.14. The summed E-state index contributed by atoms with van der Waals surface area (Å²) in [7, 11) is 1.30. The standard InChI is InChI=1S/C13H13N5O2.C11H7N3O3.C2H6O/c1-8(2)17-13(14)12(15-3)11(16-17)9-5-4-6-10(7-9)18(19)20;1-13-10(7-12)11(17-2)8-4-3-5-9(6-8)14(15)16;1-2-3/h4-8H,14H2,1-2H3;3-6H,2H3;3H,2H2,1H3/b;11-10+;. The van der Waals surface area contributed by atoms with Crippen molar-refractivity contribution < 1.29 is 19.7 Å². The Bertz CT molecular complexity index is 1510. The van der Waals surface area contributed by atoms with E-state index in [0.29, 0.717) is 16.8 Å². The summed E-state index contributed by atoms with van der Waals surface area (Å²) in [5.74, 6) is 0.308. The van der Waals surface area contributed by atoms with Crippen molar-refractivity contribution >= 4 is 28.6 Å². The van der Waals surface area contributed by atoms with Crippen LogP contribution in [0, 0.1) is 44.7 Å². The number of nitrogens with two attached hydrogens (primary N) is 1. The van der Waals surface area contributed by atoms with Gasteiger partial charge >= 0.3 is 5.70 Å². The van der Waals surface area contributed by atoms with E-state index in [1.165, 1.54) is 43.5 Å². The summed E-state index contributed by atoms with van der Waals surface area (Å²) in [5.41, 5.74) is 6.92. The number of nitrogens with zero attached hydrogens (tertiary/aromatic N) is 7. The SMILES string of the molecule is CCO.[C-]#[N+]/C(C#N)=C(/OC)c1cccc([N+](=O)[O-])c1.[C-]#[N+]c1c(-c2cccc([N+](=O)[O-])c2)nn(C(C)C)c1N. The average molecular weight is 547 g/mol. The first kappa shape index (κ1) is 32.2. The topological polar surface area (TPSA) is 192 Å². The number of aliphatic hydroxyl groups is 1. The van der Waals surface area contributed by atoms with Gasteiger partial charge in [0.25, 0.3) is 17.1 Å². The first-order chi connectivity index (χ1) is 19.0. The number of nitro benzene ring substituents is 2. The number of nitrogen functional groups attached to an aromatic ring is 1. The van der Waals surface area contributed by atoms with E-state index in [2.05, 4.69) is 14.8 Å². The number of hydrogen-bond donors (Lipinski definition) is 2. The zero-order valence-electron chi connectivity index (χ0n) is 22.1. The Labute approximate surface area is 230 Å². The number of aliphatic hydroxyl groups excluding tert-OH is 1. The number of nitriles is 1. The highest BCUT2D eigenvalue weighted by Gasteiger charge is 2.20. The van der Waals surface area contributed by atoms with Gasteiger partial charge in [0.05, 0.1) is 36.2 Å². The molecule has 0 bridgehead atoms. The van der Waals surface area contributed by atoms with Crippen LogP contribution in [0.25, 0.3) is 26.7 Å². The number of non-ortho nitro benzene ring substituents is 2. The molecule has 1 aromatic heterocycles. The lowest BCUT2D eigenvalue weighted by Gasteiger charge is -2.07. The number of hydrogen-bond acceptors (Lipinski definition) is 9. The zero-order chi connectivity index (χ0) is 30.4. The predicted octanol–water partition coefficient (Wildman–Crippen LogP) is 5.52. The smallest absolute Gasteiger partial charge is 0.303 e. The monoisotopic (exact) mass is 546 g/mol. The Kier molecular flexibility index (Phi) is 12.5. The van der Waals surface area contributed by atoms with Gasteiger partial charge in [0.2, 0.25) is 0 Å². The highest BCUT2D eigenvalue weighted by Crippen LogP contribution is 2.37. The van der Waals surface area contributed by atoms with Gasteiger partial charge in [0, 0.05) is 42.5 Å². The normalized spacial score (nSPS) is 10.3. The summed E-state index contributed by atoms with van der Waals surface area (Å²) in [6.07, 6.45) is 0. The molecule has 0 amide bonds. The molecule has 2 aromatic carbocycles. The molecule has 0 aliphatic carbocycles. The van der Waals surface area contributed by atoms with Crippen LogP contribution in [0.1, 0.15) is 32.4 Å². The van der Waals surface area contributed by atoms with E-state index in [-0.39, 0.29) is 47.0 Å². The van der Waals surface area contributed by atoms with Crippen LogP contribution < -0.4 is 5.73 Å². The van der Waals surface area contributed by atoms with Gasteiger partial charge in [0.15, 0.2) is 0 Å². The minimum Gasteiger partial charge on any atom is -0.506 e. The van der Waals surface area contributed by atoms with Crippen molar-refractivity contribution in [3.05, 3.63) is 103 Å². The van der Waals surface area contributed by atoms with Gasteiger partial charge in [-0.1, -0.05) is 24.3 Å². The highest BCUT2D eigenvalue weighted by atomic mass is 16.6. The number of methoxy groups -OCH3 is 1. The van der Waals surface area contributed by atoms with E-state index < -0.39 is 9.85 Å². The van der Waals surface area contributed by atoms with Crippen LogP contribution in [0.4, 0.5) is 22.9 Å². The van der Waals surface area contributed by atoms with Gasteiger partial charge in [-0.3, -0.25) is 24.9 Å². The Morgan fingerprint density at radius 2 is 1.73 bits per heavy atom. The molecule has 206 valence electrons. The van der Waals surface area contributed by atoms with Gasteiger partial charge in [-0.25, -0.2) is 15.0 Å². The van der Waals surface area contributed by atoms with E-state index in [1.54, 1.807) is 29.8 Å². The molecule has 0 unspecified atom stereocenters. The summed E-state index contributed by atoms with van der Waals surface area (Å²) < 4.78 is 6.48. The number of anilines is 1. The first-order valence-corrected chi connectivity index (χ1v) is 11.4. The molecule has 0 saturated heterocycles. The quantitative estimate of drug-likeness (QED) is 0.132. The predicted molar refractivity (Wildman–Crippen MR) is 147 cm³/mol. The molecule has 3 rings (SSSR count). The minimum atomic E-state index is -0.555. The second-order valence-electron chi connectivity index (χ2n) is 7.77. The Morgan fingerprint density at radius 1 is 1.18 bits per heavy atom. The maximum atomic E-state index is 10.8. The van der Waals surface area contributed by atoms with Gasteiger partial charge in [-0.05, 0) is 26.3 Å². The summed E-state index contributed by atoms with van der Waals surface area (Å²) in [4.78, 5) is 26.8. The molecule has 14 heteroatoms. The lowest BCUT2D eigenvalue weighted by atomic mass is 10.1. The van der Waals surface area contributed by atoms with Crippen molar-refractivity contribution in [2.45, 2.75) is 26.8 Å². The molecule has 0 atom stereocenters. The van der Waals surface area contributed by atoms with Crippen molar-refractivity contribution in [3.63, 3.8) is 0 Å². The van der Waals surface area contributed by atoms with Crippen LogP contribution in [0.15, 0.2) is 54.2 Å². The van der Waals surface area contributed by atoms with E-state index in [0.717, 1.165) is 0 Å². The fourth-order valence-electron chi connectivity index (χ4n) is 3.14. The van der Waals surface area contributed by atoms with Gasteiger partial charge in [0.1, 0.15) is 17.3 Å². The molecule has 0 fully saturated rings. The number of allylic oxidation sites excluding steroid dienone is 1. The number of benzene rings is 2. The van der Waals surface area contributed by atoms with Crippen LogP contribution in [0.5, 0.6) is 0 Å². The van der Waals surface area contributed by atoms with Gasteiger partial charge in [-0.2, -0.15) is 5.10 Å². The summed E-state index contributed by atoms with van der Waals surface area (Å²) in [6.45, 7) is 19.8. The van der Waals surface area contributed by atoms with Crippen LogP contribution in [0.2, 0.25) is 0 Å². The van der Waals surface area contributed by atoms with Crippen molar-refractivity contribution in [3.8, 4) is 17.3 Å². The number of ether oxygens (including phenoxy) is 1. The van der Waals surface area contributed by atoms with Crippen LogP contribution in [0.3, 0.4) is 0 Å². The lowest BCUT2D eigenvalue weighted by molar-refractivity contribution is -0.385. The Morgan fingerprint density at radius 3 is 2.17 bits per heavy atom. The van der Waals surface area contributed by atoms with Crippen molar-refractivity contribution in [2.75, 3.05) is 19.5 Å². The third-order valence-corrected chi connectivity index (χ3v) is 4.81.